The smallest absolute Gasteiger partial charge is 0.227 e. The number of hydrogen-bond donors (Lipinski definition) is 1. The van der Waals surface area contributed by atoms with Crippen molar-refractivity contribution in [2.75, 3.05) is 10.6 Å². The van der Waals surface area contributed by atoms with E-state index in [1.54, 1.807) is 0 Å². The van der Waals surface area contributed by atoms with Crippen LogP contribution in [0.25, 0.3) is 0 Å². The second kappa shape index (κ2) is 3.33. The molecule has 2 rings (SSSR count). The predicted molar refractivity (Wildman–Crippen MR) is 57.0 cm³/mol. The molecule has 3 heteroatoms. The fourth-order valence-electron chi connectivity index (χ4n) is 1.86. The van der Waals surface area contributed by atoms with Crippen LogP contribution in [-0.2, 0) is 4.79 Å². The number of hydrogen-bond acceptors (Lipinski definition) is 2. The molecule has 1 aliphatic rings. The van der Waals surface area contributed by atoms with Crippen molar-refractivity contribution in [1.82, 2.24) is 0 Å². The molecule has 3 nitrogen and oxygen atoms in total. The van der Waals surface area contributed by atoms with Crippen LogP contribution in [0.15, 0.2) is 24.3 Å². The van der Waals surface area contributed by atoms with Crippen molar-refractivity contribution in [3.05, 3.63) is 24.3 Å². The van der Waals surface area contributed by atoms with Gasteiger partial charge in [0.05, 0.1) is 0 Å². The van der Waals surface area contributed by atoms with E-state index in [1.165, 1.54) is 0 Å². The molecule has 0 radical (unpaired) electrons. The summed E-state index contributed by atoms with van der Waals surface area (Å²) in [4.78, 5) is 13.4. The van der Waals surface area contributed by atoms with E-state index in [9.17, 15) is 4.79 Å². The minimum atomic E-state index is 0.210. The summed E-state index contributed by atoms with van der Waals surface area (Å²) in [5.41, 5.74) is 7.27. The Hall–Kier alpha value is -1.51. The summed E-state index contributed by atoms with van der Waals surface area (Å²) in [5, 5.41) is 0. The Morgan fingerprint density at radius 1 is 1.36 bits per heavy atom. The maximum Gasteiger partial charge on any atom is 0.227 e. The molecular weight excluding hydrogens is 176 g/mol. The molecule has 1 aliphatic heterocycles. The van der Waals surface area contributed by atoms with Gasteiger partial charge in [0.15, 0.2) is 0 Å². The molecule has 0 aliphatic carbocycles. The van der Waals surface area contributed by atoms with Crippen LogP contribution in [0.3, 0.4) is 0 Å². The SMILES string of the molecule is C[C@@H]1CCC(=O)N1c1ccc(N)cc1. The number of nitrogens with zero attached hydrogens (tertiary/aromatic N) is 1. The van der Waals surface area contributed by atoms with E-state index in [2.05, 4.69) is 6.92 Å². The molecule has 1 amide bonds. The Kier molecular flexibility index (Phi) is 2.15. The monoisotopic (exact) mass is 190 g/mol. The highest BCUT2D eigenvalue weighted by Crippen LogP contribution is 2.26. The van der Waals surface area contributed by atoms with E-state index in [0.717, 1.165) is 17.8 Å². The first-order chi connectivity index (χ1) is 6.68. The molecule has 0 spiro atoms. The molecule has 1 fully saturated rings. The fraction of sp³-hybridized carbons (Fsp3) is 0.364. The summed E-state index contributed by atoms with van der Waals surface area (Å²) < 4.78 is 0. The van der Waals surface area contributed by atoms with Crippen molar-refractivity contribution in [1.29, 1.82) is 0 Å². The highest BCUT2D eigenvalue weighted by Gasteiger charge is 2.28. The lowest BCUT2D eigenvalue weighted by atomic mass is 10.2. The summed E-state index contributed by atoms with van der Waals surface area (Å²) in [6, 6.07) is 7.76. The highest BCUT2D eigenvalue weighted by molar-refractivity contribution is 5.96. The molecule has 1 heterocycles. The van der Waals surface area contributed by atoms with Crippen LogP contribution in [0.2, 0.25) is 0 Å². The Morgan fingerprint density at radius 3 is 2.50 bits per heavy atom. The lowest BCUT2D eigenvalue weighted by Gasteiger charge is -2.21. The lowest BCUT2D eigenvalue weighted by Crippen LogP contribution is -2.30. The number of amides is 1. The normalized spacial score (nSPS) is 21.6. The fourth-order valence-corrected chi connectivity index (χ4v) is 1.86. The minimum absolute atomic E-state index is 0.210. The van der Waals surface area contributed by atoms with E-state index < -0.39 is 0 Å². The van der Waals surface area contributed by atoms with Gasteiger partial charge >= 0.3 is 0 Å². The average Bonchev–Trinajstić information content (AvgIpc) is 2.49. The van der Waals surface area contributed by atoms with Gasteiger partial charge in [-0.05, 0) is 37.6 Å². The number of carbonyl (C=O) groups is 1. The van der Waals surface area contributed by atoms with E-state index in [-0.39, 0.29) is 5.91 Å². The summed E-state index contributed by atoms with van der Waals surface area (Å²) in [6.07, 6.45) is 1.61. The molecule has 0 bridgehead atoms. The molecule has 74 valence electrons. The minimum Gasteiger partial charge on any atom is -0.399 e. The van der Waals surface area contributed by atoms with Gasteiger partial charge in [-0.1, -0.05) is 0 Å². The van der Waals surface area contributed by atoms with Crippen molar-refractivity contribution in [3.63, 3.8) is 0 Å². The third kappa shape index (κ3) is 1.45. The van der Waals surface area contributed by atoms with Crippen LogP contribution in [0.5, 0.6) is 0 Å². The molecule has 2 N–H and O–H groups in total. The van der Waals surface area contributed by atoms with Gasteiger partial charge in [-0.15, -0.1) is 0 Å². The zero-order chi connectivity index (χ0) is 10.1. The van der Waals surface area contributed by atoms with Gasteiger partial charge in [0.2, 0.25) is 5.91 Å². The van der Waals surface area contributed by atoms with Crippen LogP contribution in [0.1, 0.15) is 19.8 Å². The Balaban J connectivity index is 2.30. The van der Waals surface area contributed by atoms with Gasteiger partial charge in [0, 0.05) is 23.8 Å². The van der Waals surface area contributed by atoms with Crippen molar-refractivity contribution in [3.8, 4) is 0 Å². The lowest BCUT2D eigenvalue weighted by molar-refractivity contribution is -0.117. The zero-order valence-corrected chi connectivity index (χ0v) is 8.23. The first-order valence-corrected chi connectivity index (χ1v) is 4.86. The Morgan fingerprint density at radius 2 is 2.00 bits per heavy atom. The van der Waals surface area contributed by atoms with E-state index in [4.69, 9.17) is 5.73 Å². The van der Waals surface area contributed by atoms with Crippen molar-refractivity contribution >= 4 is 17.3 Å². The predicted octanol–water partition coefficient (Wildman–Crippen LogP) is 1.78. The standard InChI is InChI=1S/C11H14N2O/c1-8-2-7-11(14)13(8)10-5-3-9(12)4-6-10/h3-6,8H,2,7,12H2,1H3/t8-/m1/s1. The third-order valence-corrected chi connectivity index (χ3v) is 2.66. The number of nitrogens with two attached hydrogens (primary N) is 1. The molecule has 1 atom stereocenters. The molecule has 0 unspecified atom stereocenters. The molecule has 0 saturated carbocycles. The van der Waals surface area contributed by atoms with Crippen LogP contribution < -0.4 is 10.6 Å². The van der Waals surface area contributed by atoms with E-state index >= 15 is 0 Å². The van der Waals surface area contributed by atoms with Gasteiger partial charge in [-0.2, -0.15) is 0 Å². The number of nitrogen functional groups attached to an aromatic ring is 1. The summed E-state index contributed by atoms with van der Waals surface area (Å²) >= 11 is 0. The molecule has 14 heavy (non-hydrogen) atoms. The van der Waals surface area contributed by atoms with Crippen molar-refractivity contribution < 1.29 is 4.79 Å². The first kappa shape index (κ1) is 9.06. The highest BCUT2D eigenvalue weighted by atomic mass is 16.2. The Labute approximate surface area is 83.5 Å². The molecule has 0 aromatic heterocycles. The first-order valence-electron chi connectivity index (χ1n) is 4.86. The van der Waals surface area contributed by atoms with Gasteiger partial charge in [0.1, 0.15) is 0 Å². The second-order valence-corrected chi connectivity index (χ2v) is 3.74. The largest absolute Gasteiger partial charge is 0.399 e. The zero-order valence-electron chi connectivity index (χ0n) is 8.23. The Bertz CT molecular complexity index is 345. The number of anilines is 2. The van der Waals surface area contributed by atoms with Crippen molar-refractivity contribution in [2.45, 2.75) is 25.8 Å². The second-order valence-electron chi connectivity index (χ2n) is 3.74. The molecule has 1 saturated heterocycles. The summed E-state index contributed by atoms with van der Waals surface area (Å²) in [7, 11) is 0. The van der Waals surface area contributed by atoms with Gasteiger partial charge in [0.25, 0.3) is 0 Å². The van der Waals surface area contributed by atoms with Gasteiger partial charge < -0.3 is 10.6 Å². The molecule has 1 aromatic carbocycles. The van der Waals surface area contributed by atoms with E-state index in [1.807, 2.05) is 29.2 Å². The van der Waals surface area contributed by atoms with Crippen LogP contribution >= 0.6 is 0 Å². The maximum atomic E-state index is 11.6. The van der Waals surface area contributed by atoms with Crippen LogP contribution in [-0.4, -0.2) is 11.9 Å². The van der Waals surface area contributed by atoms with Gasteiger partial charge in [-0.3, -0.25) is 4.79 Å². The summed E-state index contributed by atoms with van der Waals surface area (Å²) in [5.74, 6) is 0.210. The summed E-state index contributed by atoms with van der Waals surface area (Å²) in [6.45, 7) is 2.07. The number of carbonyl (C=O) groups excluding carboxylic acids is 1. The van der Waals surface area contributed by atoms with Gasteiger partial charge in [-0.25, -0.2) is 0 Å². The molecule has 1 aromatic rings. The van der Waals surface area contributed by atoms with Crippen LogP contribution in [0, 0.1) is 0 Å². The van der Waals surface area contributed by atoms with E-state index in [0.29, 0.717) is 12.5 Å². The third-order valence-electron chi connectivity index (χ3n) is 2.66. The van der Waals surface area contributed by atoms with Crippen molar-refractivity contribution in [2.24, 2.45) is 0 Å². The number of benzene rings is 1. The van der Waals surface area contributed by atoms with Crippen LogP contribution in [0.4, 0.5) is 11.4 Å². The average molecular weight is 190 g/mol. The maximum absolute atomic E-state index is 11.6. The number of rotatable bonds is 1. The topological polar surface area (TPSA) is 46.3 Å². The quantitative estimate of drug-likeness (QED) is 0.686. The molecular formula is C11H14N2O.